The first kappa shape index (κ1) is 23.1. The molecule has 2 bridgehead atoms. The maximum Gasteiger partial charge on any atom is 0.331 e. The van der Waals surface area contributed by atoms with E-state index in [9.17, 15) is 14.7 Å². The smallest absolute Gasteiger partial charge is 0.331 e. The highest BCUT2D eigenvalue weighted by atomic mass is 16.5. The molecule has 1 spiro atoms. The summed E-state index contributed by atoms with van der Waals surface area (Å²) in [7, 11) is 0. The lowest BCUT2D eigenvalue weighted by Crippen LogP contribution is -2.73. The highest BCUT2D eigenvalue weighted by Gasteiger charge is 2.73. The van der Waals surface area contributed by atoms with Gasteiger partial charge in [0.2, 0.25) is 0 Å². The largest absolute Gasteiger partial charge is 0.462 e. The lowest BCUT2D eigenvalue weighted by molar-refractivity contribution is -0.287. The predicted octanol–water partition coefficient (Wildman–Crippen LogP) is 5.27. The molecule has 0 aromatic rings. The van der Waals surface area contributed by atoms with Gasteiger partial charge in [0.25, 0.3) is 0 Å². The molecule has 0 aromatic heterocycles. The molecule has 3 saturated carbocycles. The van der Waals surface area contributed by atoms with Crippen molar-refractivity contribution in [1.82, 2.24) is 0 Å². The molecule has 6 unspecified atom stereocenters. The van der Waals surface area contributed by atoms with Gasteiger partial charge in [0.15, 0.2) is 0 Å². The zero-order valence-electron chi connectivity index (χ0n) is 20.5. The molecule has 5 aliphatic rings. The monoisotopic (exact) mass is 456 g/mol. The zero-order valence-corrected chi connectivity index (χ0v) is 20.5. The summed E-state index contributed by atoms with van der Waals surface area (Å²) in [6, 6.07) is 0. The number of cyclic esters (lactones) is 1. The van der Waals surface area contributed by atoms with E-state index in [0.29, 0.717) is 31.8 Å². The molecule has 33 heavy (non-hydrogen) atoms. The van der Waals surface area contributed by atoms with Crippen molar-refractivity contribution in [2.45, 2.75) is 103 Å². The van der Waals surface area contributed by atoms with Crippen LogP contribution in [0.5, 0.6) is 0 Å². The minimum absolute atomic E-state index is 0.0566. The van der Waals surface area contributed by atoms with Gasteiger partial charge >= 0.3 is 11.9 Å². The summed E-state index contributed by atoms with van der Waals surface area (Å²) in [6.45, 7) is 6.47. The number of hydrogen-bond acceptors (Lipinski definition) is 5. The fourth-order valence-electron chi connectivity index (χ4n) is 9.18. The van der Waals surface area contributed by atoms with Crippen LogP contribution in [-0.2, 0) is 19.1 Å². The minimum Gasteiger partial charge on any atom is -0.462 e. The number of esters is 2. The summed E-state index contributed by atoms with van der Waals surface area (Å²) >= 11 is 0. The summed E-state index contributed by atoms with van der Waals surface area (Å²) in [5.74, 6) is 0.284. The van der Waals surface area contributed by atoms with E-state index in [1.807, 2.05) is 0 Å². The Bertz CT molecular complexity index is 885. The number of allylic oxidation sites excluding steroid dienone is 1. The van der Waals surface area contributed by atoms with Crippen LogP contribution in [0.15, 0.2) is 23.8 Å². The summed E-state index contributed by atoms with van der Waals surface area (Å²) in [5.41, 5.74) is -0.679. The highest BCUT2D eigenvalue weighted by Crippen LogP contribution is 2.73. The second-order valence-corrected chi connectivity index (χ2v) is 12.1. The molecular formula is C28H40O5. The number of fused-ring (bicyclic) bond motifs is 1. The molecular weight excluding hydrogens is 416 g/mol. The summed E-state index contributed by atoms with van der Waals surface area (Å²) in [6.07, 6.45) is 16.9. The van der Waals surface area contributed by atoms with Crippen LogP contribution in [0.4, 0.5) is 0 Å². The van der Waals surface area contributed by atoms with E-state index in [0.717, 1.165) is 31.3 Å². The predicted molar refractivity (Wildman–Crippen MR) is 125 cm³/mol. The van der Waals surface area contributed by atoms with E-state index in [4.69, 9.17) is 9.47 Å². The van der Waals surface area contributed by atoms with Gasteiger partial charge in [-0.1, -0.05) is 45.3 Å². The van der Waals surface area contributed by atoms with E-state index >= 15 is 0 Å². The van der Waals surface area contributed by atoms with Gasteiger partial charge in [-0.25, -0.2) is 4.79 Å². The van der Waals surface area contributed by atoms with Crippen molar-refractivity contribution in [2.75, 3.05) is 6.61 Å². The van der Waals surface area contributed by atoms with Crippen LogP contribution in [0.2, 0.25) is 0 Å². The maximum absolute atomic E-state index is 12.8. The SMILES string of the molecule is CC(=O)OC1CC2(C)C=CCC3(CCCC(C)(C4CCCC4)C13)C2(O)CCC1=CC(=O)OC1. The van der Waals surface area contributed by atoms with Gasteiger partial charge < -0.3 is 14.6 Å². The van der Waals surface area contributed by atoms with Gasteiger partial charge in [-0.05, 0) is 68.3 Å². The first-order valence-corrected chi connectivity index (χ1v) is 13.1. The van der Waals surface area contributed by atoms with Crippen LogP contribution < -0.4 is 0 Å². The maximum atomic E-state index is 12.8. The van der Waals surface area contributed by atoms with Crippen LogP contribution >= 0.6 is 0 Å². The standard InChI is InChI=1S/C28H40O5/c1-19(29)33-22-17-25(2)11-6-13-27(28(25,31)15-10-20-16-23(30)32-18-20)14-7-12-26(3,24(22)27)21-8-4-5-9-21/h6,11,16,21-22,24,31H,4-5,7-10,12-15,17-18H2,1-3H3. The normalized spacial score (nSPS) is 44.8. The molecule has 0 amide bonds. The van der Waals surface area contributed by atoms with Crippen molar-refractivity contribution < 1.29 is 24.2 Å². The van der Waals surface area contributed by atoms with Gasteiger partial charge in [0.1, 0.15) is 12.7 Å². The topological polar surface area (TPSA) is 72.8 Å². The fraction of sp³-hybridized carbons (Fsp3) is 0.786. The summed E-state index contributed by atoms with van der Waals surface area (Å²) in [4.78, 5) is 23.9. The minimum atomic E-state index is -0.914. The number of hydrogen-bond donors (Lipinski definition) is 1. The third-order valence-electron chi connectivity index (χ3n) is 10.5. The number of carbonyl (C=O) groups excluding carboxylic acids is 2. The summed E-state index contributed by atoms with van der Waals surface area (Å²) < 4.78 is 11.3. The van der Waals surface area contributed by atoms with E-state index in [2.05, 4.69) is 26.0 Å². The third-order valence-corrected chi connectivity index (χ3v) is 10.5. The lowest BCUT2D eigenvalue weighted by Gasteiger charge is -2.71. The van der Waals surface area contributed by atoms with Gasteiger partial charge in [-0.2, -0.15) is 0 Å². The molecule has 1 aliphatic heterocycles. The first-order valence-electron chi connectivity index (χ1n) is 13.1. The molecule has 3 fully saturated rings. The molecule has 0 radical (unpaired) electrons. The Morgan fingerprint density at radius 2 is 1.97 bits per heavy atom. The van der Waals surface area contributed by atoms with Crippen LogP contribution in [0.3, 0.4) is 0 Å². The number of rotatable bonds is 5. The Hall–Kier alpha value is -1.62. The number of carbonyl (C=O) groups is 2. The Morgan fingerprint density at radius 3 is 2.64 bits per heavy atom. The molecule has 1 N–H and O–H groups in total. The van der Waals surface area contributed by atoms with Gasteiger partial charge in [0.05, 0.1) is 5.60 Å². The third kappa shape index (κ3) is 3.36. The molecule has 0 aromatic carbocycles. The van der Waals surface area contributed by atoms with Crippen molar-refractivity contribution in [3.63, 3.8) is 0 Å². The Balaban J connectivity index is 1.59. The molecule has 4 aliphatic carbocycles. The average molecular weight is 457 g/mol. The van der Waals surface area contributed by atoms with Crippen LogP contribution in [0, 0.1) is 28.1 Å². The van der Waals surface area contributed by atoms with Crippen molar-refractivity contribution in [2.24, 2.45) is 28.1 Å². The van der Waals surface area contributed by atoms with Crippen LogP contribution in [0.25, 0.3) is 0 Å². The second-order valence-electron chi connectivity index (χ2n) is 12.1. The van der Waals surface area contributed by atoms with E-state index in [1.165, 1.54) is 32.6 Å². The molecule has 0 saturated heterocycles. The van der Waals surface area contributed by atoms with E-state index in [1.54, 1.807) is 6.08 Å². The van der Waals surface area contributed by atoms with Crippen molar-refractivity contribution in [3.8, 4) is 0 Å². The molecule has 5 nitrogen and oxygen atoms in total. The number of aliphatic hydroxyl groups is 1. The van der Waals surface area contributed by atoms with Crippen LogP contribution in [-0.4, -0.2) is 35.4 Å². The average Bonchev–Trinajstić information content (AvgIpc) is 3.41. The van der Waals surface area contributed by atoms with Gasteiger partial charge in [0, 0.05) is 29.7 Å². The molecule has 1 heterocycles. The van der Waals surface area contributed by atoms with Crippen molar-refractivity contribution >= 4 is 11.9 Å². The number of ether oxygens (including phenoxy) is 2. The second kappa shape index (κ2) is 7.96. The van der Waals surface area contributed by atoms with Gasteiger partial charge in [-0.3, -0.25) is 4.79 Å². The molecule has 6 atom stereocenters. The quantitative estimate of drug-likeness (QED) is 0.451. The zero-order chi connectivity index (χ0) is 23.5. The Labute approximate surface area is 198 Å². The van der Waals surface area contributed by atoms with Crippen molar-refractivity contribution in [1.29, 1.82) is 0 Å². The summed E-state index contributed by atoms with van der Waals surface area (Å²) in [5, 5.41) is 12.8. The van der Waals surface area contributed by atoms with E-state index < -0.39 is 11.0 Å². The Morgan fingerprint density at radius 1 is 1.21 bits per heavy atom. The van der Waals surface area contributed by atoms with Gasteiger partial charge in [-0.15, -0.1) is 0 Å². The Kier molecular flexibility index (Phi) is 5.58. The first-order chi connectivity index (χ1) is 15.6. The van der Waals surface area contributed by atoms with E-state index in [-0.39, 0.29) is 34.8 Å². The fourth-order valence-corrected chi connectivity index (χ4v) is 9.18. The molecule has 182 valence electrons. The molecule has 5 rings (SSSR count). The van der Waals surface area contributed by atoms with Crippen molar-refractivity contribution in [3.05, 3.63) is 23.8 Å². The lowest BCUT2D eigenvalue weighted by atomic mass is 9.35. The molecule has 5 heteroatoms. The van der Waals surface area contributed by atoms with Crippen LogP contribution in [0.1, 0.15) is 91.4 Å². The highest BCUT2D eigenvalue weighted by molar-refractivity contribution is 5.85.